The van der Waals surface area contributed by atoms with Crippen LogP contribution in [0.2, 0.25) is 0 Å². The second kappa shape index (κ2) is 6.91. The van der Waals surface area contributed by atoms with Crippen LogP contribution in [-0.4, -0.2) is 30.6 Å². The van der Waals surface area contributed by atoms with Crippen molar-refractivity contribution in [1.29, 1.82) is 0 Å². The summed E-state index contributed by atoms with van der Waals surface area (Å²) in [6.07, 6.45) is 3.85. The van der Waals surface area contributed by atoms with Gasteiger partial charge in [0.05, 0.1) is 0 Å². The number of hydrogen-bond acceptors (Lipinski definition) is 2. The van der Waals surface area contributed by atoms with Crippen molar-refractivity contribution in [2.24, 2.45) is 0 Å². The van der Waals surface area contributed by atoms with E-state index in [0.717, 1.165) is 25.6 Å². The summed E-state index contributed by atoms with van der Waals surface area (Å²) in [5.74, 6) is 0. The summed E-state index contributed by atoms with van der Waals surface area (Å²) in [4.78, 5) is 2.59. The maximum atomic E-state index is 3.60. The first-order valence-corrected chi connectivity index (χ1v) is 7.36. The van der Waals surface area contributed by atoms with Gasteiger partial charge in [-0.25, -0.2) is 0 Å². The third-order valence-electron chi connectivity index (χ3n) is 4.05. The average Bonchev–Trinajstić information content (AvgIpc) is 2.87. The van der Waals surface area contributed by atoms with Crippen molar-refractivity contribution in [3.05, 3.63) is 35.4 Å². The molecule has 0 aromatic heterocycles. The zero-order chi connectivity index (χ0) is 12.8. The molecule has 1 atom stereocenters. The Bertz CT molecular complexity index is 345. The molecule has 0 unspecified atom stereocenters. The molecule has 0 amide bonds. The molecular formula is C16H26N2. The normalized spacial score (nSPS) is 20.4. The van der Waals surface area contributed by atoms with Gasteiger partial charge in [-0.05, 0) is 43.5 Å². The molecule has 1 saturated heterocycles. The highest BCUT2D eigenvalue weighted by atomic mass is 15.2. The van der Waals surface area contributed by atoms with Crippen LogP contribution in [0.5, 0.6) is 0 Å². The molecule has 1 aromatic carbocycles. The number of benzene rings is 1. The van der Waals surface area contributed by atoms with Crippen molar-refractivity contribution in [2.45, 2.75) is 45.7 Å². The monoisotopic (exact) mass is 246 g/mol. The summed E-state index contributed by atoms with van der Waals surface area (Å²) in [7, 11) is 0. The van der Waals surface area contributed by atoms with Gasteiger partial charge in [-0.15, -0.1) is 0 Å². The standard InChI is InChI=1S/C16H26N2/c1-3-14-7-9-15(10-8-14)12-17-13-16-6-5-11-18(16)4-2/h7-10,16-17H,3-6,11-13H2,1-2H3/t16-/m1/s1. The van der Waals surface area contributed by atoms with Gasteiger partial charge in [-0.3, -0.25) is 4.90 Å². The maximum absolute atomic E-state index is 3.60. The molecule has 2 heteroatoms. The Hall–Kier alpha value is -0.860. The fourth-order valence-electron chi connectivity index (χ4n) is 2.82. The number of likely N-dealkylation sites (tertiary alicyclic amines) is 1. The van der Waals surface area contributed by atoms with E-state index in [-0.39, 0.29) is 0 Å². The lowest BCUT2D eigenvalue weighted by Crippen LogP contribution is -2.37. The Kier molecular flexibility index (Phi) is 5.21. The zero-order valence-electron chi connectivity index (χ0n) is 11.8. The van der Waals surface area contributed by atoms with Crippen molar-refractivity contribution in [1.82, 2.24) is 10.2 Å². The Labute approximate surface area is 111 Å². The lowest BCUT2D eigenvalue weighted by molar-refractivity contribution is 0.260. The molecule has 1 fully saturated rings. The fraction of sp³-hybridized carbons (Fsp3) is 0.625. The summed E-state index contributed by atoms with van der Waals surface area (Å²) >= 11 is 0. The summed E-state index contributed by atoms with van der Waals surface area (Å²) in [6, 6.07) is 9.73. The van der Waals surface area contributed by atoms with Gasteiger partial charge in [-0.1, -0.05) is 38.1 Å². The first kappa shape index (κ1) is 13.6. The quantitative estimate of drug-likeness (QED) is 0.830. The van der Waals surface area contributed by atoms with Gasteiger partial charge >= 0.3 is 0 Å². The molecule has 18 heavy (non-hydrogen) atoms. The number of hydrogen-bond donors (Lipinski definition) is 1. The number of nitrogens with zero attached hydrogens (tertiary/aromatic N) is 1. The molecule has 1 heterocycles. The van der Waals surface area contributed by atoms with E-state index in [4.69, 9.17) is 0 Å². The molecule has 1 N–H and O–H groups in total. The first-order valence-electron chi connectivity index (χ1n) is 7.36. The van der Waals surface area contributed by atoms with Gasteiger partial charge in [-0.2, -0.15) is 0 Å². The molecule has 100 valence electrons. The molecule has 0 radical (unpaired) electrons. The smallest absolute Gasteiger partial charge is 0.0221 e. The van der Waals surface area contributed by atoms with Crippen LogP contribution in [0.15, 0.2) is 24.3 Å². The number of aryl methyl sites for hydroxylation is 1. The van der Waals surface area contributed by atoms with Crippen molar-refractivity contribution >= 4 is 0 Å². The van der Waals surface area contributed by atoms with E-state index < -0.39 is 0 Å². The topological polar surface area (TPSA) is 15.3 Å². The highest BCUT2D eigenvalue weighted by Crippen LogP contribution is 2.15. The fourth-order valence-corrected chi connectivity index (χ4v) is 2.82. The lowest BCUT2D eigenvalue weighted by atomic mass is 10.1. The van der Waals surface area contributed by atoms with Crippen molar-refractivity contribution in [2.75, 3.05) is 19.6 Å². The molecule has 2 rings (SSSR count). The third kappa shape index (κ3) is 3.56. The van der Waals surface area contributed by atoms with Crippen LogP contribution in [-0.2, 0) is 13.0 Å². The van der Waals surface area contributed by atoms with Gasteiger partial charge in [0.1, 0.15) is 0 Å². The van der Waals surface area contributed by atoms with Crippen LogP contribution in [0.25, 0.3) is 0 Å². The number of likely N-dealkylation sites (N-methyl/N-ethyl adjacent to an activating group) is 1. The minimum Gasteiger partial charge on any atom is -0.311 e. The minimum absolute atomic E-state index is 0.755. The Morgan fingerprint density at radius 3 is 2.56 bits per heavy atom. The van der Waals surface area contributed by atoms with Crippen LogP contribution in [0, 0.1) is 0 Å². The van der Waals surface area contributed by atoms with E-state index in [1.165, 1.54) is 37.1 Å². The van der Waals surface area contributed by atoms with Gasteiger partial charge in [0.2, 0.25) is 0 Å². The Morgan fingerprint density at radius 2 is 1.89 bits per heavy atom. The van der Waals surface area contributed by atoms with Crippen LogP contribution in [0.1, 0.15) is 37.8 Å². The number of rotatable bonds is 6. The molecule has 1 aliphatic heterocycles. The molecule has 0 spiro atoms. The highest BCUT2D eigenvalue weighted by Gasteiger charge is 2.21. The highest BCUT2D eigenvalue weighted by molar-refractivity contribution is 5.22. The second-order valence-electron chi connectivity index (χ2n) is 5.23. The van der Waals surface area contributed by atoms with E-state index in [0.29, 0.717) is 0 Å². The molecule has 2 nitrogen and oxygen atoms in total. The van der Waals surface area contributed by atoms with Gasteiger partial charge < -0.3 is 5.32 Å². The van der Waals surface area contributed by atoms with Crippen LogP contribution in [0.3, 0.4) is 0 Å². The van der Waals surface area contributed by atoms with E-state index in [2.05, 4.69) is 48.3 Å². The first-order chi connectivity index (χ1) is 8.83. The molecule has 0 saturated carbocycles. The van der Waals surface area contributed by atoms with E-state index in [1.807, 2.05) is 0 Å². The summed E-state index contributed by atoms with van der Waals surface area (Å²) < 4.78 is 0. The van der Waals surface area contributed by atoms with E-state index >= 15 is 0 Å². The van der Waals surface area contributed by atoms with Crippen LogP contribution >= 0.6 is 0 Å². The van der Waals surface area contributed by atoms with E-state index in [9.17, 15) is 0 Å². The second-order valence-corrected chi connectivity index (χ2v) is 5.23. The van der Waals surface area contributed by atoms with E-state index in [1.54, 1.807) is 0 Å². The minimum atomic E-state index is 0.755. The Morgan fingerprint density at radius 1 is 1.17 bits per heavy atom. The zero-order valence-corrected chi connectivity index (χ0v) is 11.8. The van der Waals surface area contributed by atoms with Crippen molar-refractivity contribution < 1.29 is 0 Å². The maximum Gasteiger partial charge on any atom is 0.0221 e. The molecule has 1 aromatic rings. The van der Waals surface area contributed by atoms with Gasteiger partial charge in [0.15, 0.2) is 0 Å². The van der Waals surface area contributed by atoms with Crippen molar-refractivity contribution in [3.63, 3.8) is 0 Å². The van der Waals surface area contributed by atoms with Gasteiger partial charge in [0, 0.05) is 19.1 Å². The molecule has 0 bridgehead atoms. The SMILES string of the molecule is CCc1ccc(CNC[C@H]2CCCN2CC)cc1. The lowest BCUT2D eigenvalue weighted by Gasteiger charge is -2.23. The summed E-state index contributed by atoms with van der Waals surface area (Å²) in [5, 5.41) is 3.60. The molecular weight excluding hydrogens is 220 g/mol. The summed E-state index contributed by atoms with van der Waals surface area (Å²) in [6.45, 7) is 9.07. The predicted octanol–water partition coefficient (Wildman–Crippen LogP) is 2.82. The Balaban J connectivity index is 1.74. The largest absolute Gasteiger partial charge is 0.311 e. The van der Waals surface area contributed by atoms with Crippen LogP contribution < -0.4 is 5.32 Å². The average molecular weight is 246 g/mol. The summed E-state index contributed by atoms with van der Waals surface area (Å²) in [5.41, 5.74) is 2.82. The molecule has 0 aliphatic carbocycles. The van der Waals surface area contributed by atoms with Gasteiger partial charge in [0.25, 0.3) is 0 Å². The van der Waals surface area contributed by atoms with Crippen LogP contribution in [0.4, 0.5) is 0 Å². The third-order valence-corrected chi connectivity index (χ3v) is 4.05. The molecule has 1 aliphatic rings. The van der Waals surface area contributed by atoms with Crippen molar-refractivity contribution in [3.8, 4) is 0 Å². The predicted molar refractivity (Wildman–Crippen MR) is 77.8 cm³/mol. The number of nitrogens with one attached hydrogen (secondary N) is 1.